The maximum Gasteiger partial charge on any atom is 0.416 e. The highest BCUT2D eigenvalue weighted by Gasteiger charge is 2.44. The Bertz CT molecular complexity index is 776. The lowest BCUT2D eigenvalue weighted by Crippen LogP contribution is -2.45. The van der Waals surface area contributed by atoms with Crippen molar-refractivity contribution in [3.8, 4) is 0 Å². The van der Waals surface area contributed by atoms with Gasteiger partial charge in [0.05, 0.1) is 16.4 Å². The van der Waals surface area contributed by atoms with Crippen LogP contribution in [0.2, 0.25) is 0 Å². The van der Waals surface area contributed by atoms with Gasteiger partial charge in [0, 0.05) is 20.0 Å². The van der Waals surface area contributed by atoms with E-state index in [0.29, 0.717) is 17.9 Å². The molecule has 1 fully saturated rings. The van der Waals surface area contributed by atoms with E-state index in [1.54, 1.807) is 13.0 Å². The molecule has 0 bridgehead atoms. The van der Waals surface area contributed by atoms with Crippen molar-refractivity contribution < 1.29 is 33.4 Å². The monoisotopic (exact) mass is 501 g/mol. The van der Waals surface area contributed by atoms with Crippen LogP contribution in [0.1, 0.15) is 71.0 Å². The minimum Gasteiger partial charge on any atom is -0.461 e. The zero-order chi connectivity index (χ0) is 23.1. The van der Waals surface area contributed by atoms with Crippen molar-refractivity contribution in [2.45, 2.75) is 71.9 Å². The number of unbranched alkanes of at least 4 members (excludes halogenated alkanes) is 3. The van der Waals surface area contributed by atoms with Crippen molar-refractivity contribution >= 4 is 33.9 Å². The molecule has 0 aromatic carbocycles. The lowest BCUT2D eigenvalue weighted by molar-refractivity contribution is -0.155. The predicted octanol–water partition coefficient (Wildman–Crippen LogP) is 4.38. The molecule has 2 amide bonds. The molecule has 2 heterocycles. The van der Waals surface area contributed by atoms with Crippen LogP contribution < -0.4 is 0 Å². The molecule has 0 radical (unpaired) electrons. The number of nitrogens with zero attached hydrogens (tertiary/aromatic N) is 1. The maximum absolute atomic E-state index is 13.2. The second kappa shape index (κ2) is 11.7. The standard InChI is InChI=1S/C22H32BrNO7/c1-13(2)17-12-29-22(28)24(17)21(27)14(3)20(30-15(4)26)19-11-16(23)18(31-19)9-7-5-6-8-10-25/h11,13-14,17,20,25H,5-10,12H2,1-4H3. The van der Waals surface area contributed by atoms with Crippen molar-refractivity contribution in [1.29, 1.82) is 0 Å². The number of imide groups is 1. The van der Waals surface area contributed by atoms with Crippen LogP contribution in [0.4, 0.5) is 4.79 Å². The number of ether oxygens (including phenoxy) is 2. The molecular weight excluding hydrogens is 470 g/mol. The van der Waals surface area contributed by atoms with Gasteiger partial charge in [-0.05, 0) is 47.7 Å². The van der Waals surface area contributed by atoms with E-state index in [1.807, 2.05) is 13.8 Å². The average molecular weight is 502 g/mol. The van der Waals surface area contributed by atoms with Crippen molar-refractivity contribution in [3.05, 3.63) is 22.1 Å². The molecule has 1 N–H and O–H groups in total. The van der Waals surface area contributed by atoms with Gasteiger partial charge in [0.2, 0.25) is 5.91 Å². The van der Waals surface area contributed by atoms with E-state index >= 15 is 0 Å². The smallest absolute Gasteiger partial charge is 0.416 e. The van der Waals surface area contributed by atoms with E-state index in [0.717, 1.165) is 35.1 Å². The van der Waals surface area contributed by atoms with Gasteiger partial charge >= 0.3 is 12.1 Å². The van der Waals surface area contributed by atoms with Crippen molar-refractivity contribution in [3.63, 3.8) is 0 Å². The number of hydrogen-bond acceptors (Lipinski definition) is 7. The Labute approximate surface area is 191 Å². The number of aryl methyl sites for hydroxylation is 1. The van der Waals surface area contributed by atoms with Crippen LogP contribution >= 0.6 is 15.9 Å². The van der Waals surface area contributed by atoms with Crippen LogP contribution in [0, 0.1) is 11.8 Å². The third-order valence-electron chi connectivity index (χ3n) is 5.42. The molecule has 31 heavy (non-hydrogen) atoms. The summed E-state index contributed by atoms with van der Waals surface area (Å²) in [6.07, 6.45) is 2.58. The van der Waals surface area contributed by atoms with E-state index in [2.05, 4.69) is 15.9 Å². The first-order valence-corrected chi connectivity index (χ1v) is 11.5. The summed E-state index contributed by atoms with van der Waals surface area (Å²) in [5, 5.41) is 8.87. The van der Waals surface area contributed by atoms with Crippen LogP contribution in [-0.2, 0) is 25.5 Å². The number of furan rings is 1. The van der Waals surface area contributed by atoms with E-state index < -0.39 is 30.0 Å². The first-order chi connectivity index (χ1) is 14.7. The molecule has 1 aromatic rings. The van der Waals surface area contributed by atoms with Gasteiger partial charge in [-0.25, -0.2) is 9.69 Å². The van der Waals surface area contributed by atoms with Crippen molar-refractivity contribution in [2.24, 2.45) is 11.8 Å². The third-order valence-corrected chi connectivity index (χ3v) is 6.09. The Balaban J connectivity index is 2.19. The van der Waals surface area contributed by atoms with Crippen LogP contribution in [0.3, 0.4) is 0 Å². The van der Waals surface area contributed by atoms with Crippen molar-refractivity contribution in [1.82, 2.24) is 4.90 Å². The third kappa shape index (κ3) is 6.55. The fourth-order valence-electron chi connectivity index (χ4n) is 3.60. The molecule has 0 aliphatic carbocycles. The summed E-state index contributed by atoms with van der Waals surface area (Å²) in [6.45, 7) is 7.05. The fourth-order valence-corrected chi connectivity index (χ4v) is 4.11. The molecule has 9 heteroatoms. The zero-order valence-electron chi connectivity index (χ0n) is 18.6. The highest BCUT2D eigenvalue weighted by Crippen LogP contribution is 2.35. The van der Waals surface area contributed by atoms with Crippen LogP contribution in [0.5, 0.6) is 0 Å². The Morgan fingerprint density at radius 3 is 2.55 bits per heavy atom. The zero-order valence-corrected chi connectivity index (χ0v) is 20.1. The number of aliphatic hydroxyl groups is 1. The van der Waals surface area contributed by atoms with Gasteiger partial charge in [0.15, 0.2) is 6.10 Å². The summed E-state index contributed by atoms with van der Waals surface area (Å²) in [4.78, 5) is 38.3. The second-order valence-corrected chi connectivity index (χ2v) is 9.08. The van der Waals surface area contributed by atoms with Gasteiger partial charge in [-0.3, -0.25) is 9.59 Å². The first kappa shape index (κ1) is 25.4. The van der Waals surface area contributed by atoms with E-state index in [9.17, 15) is 14.4 Å². The van der Waals surface area contributed by atoms with Crippen LogP contribution in [0.15, 0.2) is 15.0 Å². The molecule has 1 saturated heterocycles. The van der Waals surface area contributed by atoms with Gasteiger partial charge in [0.1, 0.15) is 18.1 Å². The molecule has 1 aliphatic rings. The summed E-state index contributed by atoms with van der Waals surface area (Å²) >= 11 is 3.48. The Morgan fingerprint density at radius 2 is 1.94 bits per heavy atom. The molecule has 174 valence electrons. The fraction of sp³-hybridized carbons (Fsp3) is 0.682. The molecule has 8 nitrogen and oxygen atoms in total. The quantitative estimate of drug-likeness (QED) is 0.354. The summed E-state index contributed by atoms with van der Waals surface area (Å²) in [6, 6.07) is 1.35. The summed E-state index contributed by atoms with van der Waals surface area (Å²) < 4.78 is 17.2. The van der Waals surface area contributed by atoms with Gasteiger partial charge in [-0.15, -0.1) is 0 Å². The van der Waals surface area contributed by atoms with Crippen molar-refractivity contribution in [2.75, 3.05) is 13.2 Å². The minimum absolute atomic E-state index is 0.0324. The topological polar surface area (TPSA) is 106 Å². The number of rotatable bonds is 11. The first-order valence-electron chi connectivity index (χ1n) is 10.7. The largest absolute Gasteiger partial charge is 0.461 e. The lowest BCUT2D eigenvalue weighted by atomic mass is 9.98. The molecule has 3 unspecified atom stereocenters. The SMILES string of the molecule is CC(=O)OC(c1cc(Br)c(CCCCCCO)o1)C(C)C(=O)N1C(=O)OCC1C(C)C. The Kier molecular flexibility index (Phi) is 9.55. The molecule has 3 atom stereocenters. The molecule has 1 aliphatic heterocycles. The van der Waals surface area contributed by atoms with Gasteiger partial charge in [-0.2, -0.15) is 0 Å². The summed E-state index contributed by atoms with van der Waals surface area (Å²) in [7, 11) is 0. The minimum atomic E-state index is -0.967. The second-order valence-electron chi connectivity index (χ2n) is 8.22. The van der Waals surface area contributed by atoms with Gasteiger partial charge < -0.3 is 19.0 Å². The average Bonchev–Trinajstić information content (AvgIpc) is 3.27. The van der Waals surface area contributed by atoms with E-state index in [4.69, 9.17) is 19.0 Å². The molecule has 1 aromatic heterocycles. The number of carbonyl (C=O) groups excluding carboxylic acids is 3. The maximum atomic E-state index is 13.2. The molecule has 0 saturated carbocycles. The number of amides is 2. The molecular formula is C22H32BrNO7. The van der Waals surface area contributed by atoms with Gasteiger partial charge in [-0.1, -0.05) is 26.7 Å². The Morgan fingerprint density at radius 1 is 1.26 bits per heavy atom. The van der Waals surface area contributed by atoms with Gasteiger partial charge in [0.25, 0.3) is 0 Å². The molecule has 0 spiro atoms. The van der Waals surface area contributed by atoms with E-state index in [1.165, 1.54) is 6.92 Å². The number of hydrogen-bond donors (Lipinski definition) is 1. The number of halogens is 1. The summed E-state index contributed by atoms with van der Waals surface area (Å²) in [5.41, 5.74) is 0. The molecule has 2 rings (SSSR count). The number of cyclic esters (lactones) is 1. The lowest BCUT2D eigenvalue weighted by Gasteiger charge is -2.28. The number of esters is 1. The highest BCUT2D eigenvalue weighted by atomic mass is 79.9. The predicted molar refractivity (Wildman–Crippen MR) is 116 cm³/mol. The summed E-state index contributed by atoms with van der Waals surface area (Å²) in [5.74, 6) is -0.771. The Hall–Kier alpha value is -1.87. The van der Waals surface area contributed by atoms with Crippen LogP contribution in [0.25, 0.3) is 0 Å². The normalized spacial score (nSPS) is 18.2. The highest BCUT2D eigenvalue weighted by molar-refractivity contribution is 9.10. The number of carbonyl (C=O) groups is 3. The van der Waals surface area contributed by atoms with E-state index in [-0.39, 0.29) is 25.2 Å². The number of aliphatic hydroxyl groups excluding tert-OH is 1. The van der Waals surface area contributed by atoms with Crippen LogP contribution in [-0.4, -0.2) is 47.2 Å².